The predicted molar refractivity (Wildman–Crippen MR) is 283 cm³/mol. The van der Waals surface area contributed by atoms with Crippen molar-refractivity contribution in [1.29, 1.82) is 0 Å². The van der Waals surface area contributed by atoms with Crippen LogP contribution in [0.1, 0.15) is 86.5 Å². The molecule has 0 bridgehead atoms. The highest BCUT2D eigenvalue weighted by molar-refractivity contribution is 5.84. The number of unbranched alkanes of at least 4 members (excludes halogenated alkanes) is 1. The Labute approximate surface area is 421 Å². The third kappa shape index (κ3) is 15.8. The van der Waals surface area contributed by atoms with Crippen LogP contribution >= 0.6 is 0 Å². The number of hydrogen-bond donors (Lipinski definition) is 0. The van der Waals surface area contributed by atoms with Gasteiger partial charge in [-0.15, -0.1) is 0 Å². The summed E-state index contributed by atoms with van der Waals surface area (Å²) in [7, 11) is 0. The maximum atomic E-state index is 14.5. The Morgan fingerprint density at radius 1 is 0.472 bits per heavy atom. The molecule has 6 aromatic carbocycles. The molecule has 3 aromatic heterocycles. The van der Waals surface area contributed by atoms with E-state index in [2.05, 4.69) is 106 Å². The van der Waals surface area contributed by atoms with Crippen LogP contribution in [0.4, 0.5) is 8.78 Å². The molecule has 0 aliphatic heterocycles. The summed E-state index contributed by atoms with van der Waals surface area (Å²) in [6.07, 6.45) is 8.50. The third-order valence-electron chi connectivity index (χ3n) is 11.8. The first kappa shape index (κ1) is 52.4. The normalized spacial score (nSPS) is 11.6. The van der Waals surface area contributed by atoms with Gasteiger partial charge in [0.1, 0.15) is 25.6 Å². The van der Waals surface area contributed by atoms with Gasteiger partial charge in [0.05, 0.1) is 59.2 Å². The van der Waals surface area contributed by atoms with Crippen LogP contribution in [0.3, 0.4) is 0 Å². The summed E-state index contributed by atoms with van der Waals surface area (Å²) in [6, 6.07) is 47.8. The molecule has 0 saturated carbocycles. The maximum Gasteiger partial charge on any atom is 0.224 e. The second-order valence-corrected chi connectivity index (χ2v) is 18.3. The van der Waals surface area contributed by atoms with Crippen molar-refractivity contribution in [3.05, 3.63) is 198 Å². The molecule has 72 heavy (non-hydrogen) atoms. The number of rotatable bonds is 20. The highest BCUT2D eigenvalue weighted by atomic mass is 18.2. The van der Waals surface area contributed by atoms with Gasteiger partial charge in [0.2, 0.25) is 17.6 Å². The number of hydrogen-bond acceptors (Lipinski definition) is 10. The summed E-state index contributed by atoms with van der Waals surface area (Å²) in [5.74, 6) is 1.68. The van der Waals surface area contributed by atoms with Crippen LogP contribution in [0.5, 0.6) is 17.6 Å². The van der Waals surface area contributed by atoms with Crippen LogP contribution in [0.2, 0.25) is 0 Å². The fourth-order valence-corrected chi connectivity index (χ4v) is 7.69. The van der Waals surface area contributed by atoms with Crippen LogP contribution in [-0.2, 0) is 36.0 Å². The minimum absolute atomic E-state index is 0.0563. The van der Waals surface area contributed by atoms with Crippen LogP contribution in [-0.4, -0.2) is 63.0 Å². The maximum absolute atomic E-state index is 14.5. The first-order valence-electron chi connectivity index (χ1n) is 24.7. The number of halogens is 2. The molecule has 9 aromatic rings. The van der Waals surface area contributed by atoms with Crippen molar-refractivity contribution in [3.8, 4) is 17.6 Å². The highest BCUT2D eigenvalue weighted by Crippen LogP contribution is 2.28. The summed E-state index contributed by atoms with van der Waals surface area (Å²) >= 11 is 0. The monoisotopic (exact) mass is 969 g/mol. The van der Waals surface area contributed by atoms with E-state index in [1.807, 2.05) is 97.1 Å². The number of ether oxygens (including phenoxy) is 4. The Kier molecular flexibility index (Phi) is 19.8. The summed E-state index contributed by atoms with van der Waals surface area (Å²) in [6.45, 7) is 10.9. The van der Waals surface area contributed by atoms with Gasteiger partial charge in [-0.05, 0) is 101 Å². The Morgan fingerprint density at radius 3 is 1.35 bits per heavy atom. The van der Waals surface area contributed by atoms with Gasteiger partial charge in [0, 0.05) is 19.4 Å². The predicted octanol–water partition coefficient (Wildman–Crippen LogP) is 13.7. The van der Waals surface area contributed by atoms with Crippen LogP contribution in [0.15, 0.2) is 165 Å². The quantitative estimate of drug-likeness (QED) is 0.0684. The molecule has 0 N–H and O–H groups in total. The molecule has 1 unspecified atom stereocenters. The van der Waals surface area contributed by atoms with Crippen molar-refractivity contribution in [2.24, 2.45) is 0 Å². The van der Waals surface area contributed by atoms with Crippen molar-refractivity contribution < 1.29 is 27.7 Å². The van der Waals surface area contributed by atoms with E-state index >= 15 is 0 Å². The molecule has 372 valence electrons. The fraction of sp³-hybridized carbons (Fsp3) is 0.300. The molecule has 9 rings (SSSR count). The van der Waals surface area contributed by atoms with E-state index < -0.39 is 6.17 Å². The van der Waals surface area contributed by atoms with E-state index in [1.165, 1.54) is 40.5 Å². The largest absolute Gasteiger partial charge is 0.477 e. The van der Waals surface area contributed by atoms with Gasteiger partial charge in [-0.3, -0.25) is 4.39 Å². The standard InChI is InChI=1S/2C20H21FN2O.C20H22N2O2/c1-20(2,3)15-10-8-14(9-11-15)17(21)12-24-19-16-6-4-5-7-18(16)22-13-23-19;21-13-4-3-5-16-8-10-17(11-9-16)12-14-24-20-18-6-1-2-7-19(18)22-15-23-20;1-2-12-23-14-17-9-7-16(8-10-17)11-13-24-20-18-5-3-4-6-19(18)21-15-22-20/h4-11,13,17H,12H2,1-3H3;1-2,6-11,15H,3-5,12-14H2;3-10,15H,2,11-14H2,1H3/i2*21-1;. The average Bonchev–Trinajstić information content (AvgIpc) is 3.41. The molecule has 1 atom stereocenters. The van der Waals surface area contributed by atoms with Crippen molar-refractivity contribution in [2.75, 3.05) is 33.1 Å². The molecule has 10 nitrogen and oxygen atoms in total. The van der Waals surface area contributed by atoms with E-state index in [0.717, 1.165) is 71.4 Å². The molecule has 0 saturated heterocycles. The second-order valence-electron chi connectivity index (χ2n) is 18.3. The molecule has 0 aliphatic rings. The van der Waals surface area contributed by atoms with Crippen molar-refractivity contribution >= 4 is 32.7 Å². The van der Waals surface area contributed by atoms with Gasteiger partial charge >= 0.3 is 0 Å². The first-order chi connectivity index (χ1) is 35.2. The van der Waals surface area contributed by atoms with E-state index in [1.54, 1.807) is 6.33 Å². The number of alkyl halides is 2. The van der Waals surface area contributed by atoms with Crippen LogP contribution < -0.4 is 14.2 Å². The SMILES string of the molecule is CC(C)(C)c1ccc(C([18F])COc2ncnc3ccccc23)cc1.CCCOCc1ccc(CCOc2ncnc3ccccc23)cc1.[18F]CCCCc1ccc(CCOc2ncnc3ccccc23)cc1. The number of fused-ring (bicyclic) bond motifs is 3. The lowest BCUT2D eigenvalue weighted by atomic mass is 9.86. The molecule has 0 radical (unpaired) electrons. The minimum Gasteiger partial charge on any atom is -0.477 e. The van der Waals surface area contributed by atoms with Gasteiger partial charge in [0.15, 0.2) is 6.17 Å². The van der Waals surface area contributed by atoms with E-state index in [9.17, 15) is 8.78 Å². The third-order valence-corrected chi connectivity index (χ3v) is 11.8. The smallest absolute Gasteiger partial charge is 0.224 e. The molecule has 0 aliphatic carbocycles. The first-order valence-corrected chi connectivity index (χ1v) is 24.7. The fourth-order valence-electron chi connectivity index (χ4n) is 7.69. The number of aromatic nitrogens is 6. The van der Waals surface area contributed by atoms with E-state index in [0.29, 0.717) is 49.4 Å². The summed E-state index contributed by atoms with van der Waals surface area (Å²) < 4.78 is 49.4. The zero-order valence-electron chi connectivity index (χ0n) is 41.7. The molecular formula is C60H64F2N6O4. The zero-order valence-corrected chi connectivity index (χ0v) is 41.7. The number of aryl methyl sites for hydroxylation is 1. The lowest BCUT2D eigenvalue weighted by Crippen LogP contribution is -2.12. The van der Waals surface area contributed by atoms with Crippen LogP contribution in [0.25, 0.3) is 32.7 Å². The Bertz CT molecular complexity index is 2880. The topological polar surface area (TPSA) is 114 Å². The zero-order chi connectivity index (χ0) is 50.4. The van der Waals surface area contributed by atoms with Gasteiger partial charge in [0.25, 0.3) is 0 Å². The van der Waals surface area contributed by atoms with Crippen molar-refractivity contribution in [2.45, 2.75) is 84.4 Å². The average molecular weight is 969 g/mol. The van der Waals surface area contributed by atoms with Gasteiger partial charge in [-0.25, -0.2) is 34.3 Å². The number of nitrogens with zero attached hydrogens (tertiary/aromatic N) is 6. The molecule has 3 heterocycles. The molecule has 0 fully saturated rings. The van der Waals surface area contributed by atoms with Crippen molar-refractivity contribution in [3.63, 3.8) is 0 Å². The summed E-state index contributed by atoms with van der Waals surface area (Å²) in [5.41, 5.74) is 9.36. The van der Waals surface area contributed by atoms with Crippen LogP contribution in [0, 0.1) is 0 Å². The van der Waals surface area contributed by atoms with Gasteiger partial charge in [-0.2, -0.15) is 0 Å². The Balaban J connectivity index is 0.000000158. The molecular weight excluding hydrogens is 905 g/mol. The van der Waals surface area contributed by atoms with Crippen molar-refractivity contribution in [1.82, 2.24) is 29.9 Å². The Hall–Kier alpha value is -7.44. The molecule has 0 amide bonds. The van der Waals surface area contributed by atoms with Gasteiger partial charge in [-0.1, -0.05) is 137 Å². The Morgan fingerprint density at radius 2 is 0.903 bits per heavy atom. The number of benzene rings is 6. The summed E-state index contributed by atoms with van der Waals surface area (Å²) in [4.78, 5) is 25.2. The lowest BCUT2D eigenvalue weighted by Gasteiger charge is -2.19. The van der Waals surface area contributed by atoms with E-state index in [-0.39, 0.29) is 18.7 Å². The summed E-state index contributed by atoms with van der Waals surface area (Å²) in [5, 5.41) is 2.67. The number of para-hydroxylation sites is 3. The highest BCUT2D eigenvalue weighted by Gasteiger charge is 2.17. The molecule has 0 spiro atoms. The van der Waals surface area contributed by atoms with Gasteiger partial charge < -0.3 is 18.9 Å². The lowest BCUT2D eigenvalue weighted by molar-refractivity contribution is 0.121. The minimum atomic E-state index is -1.20. The molecule has 12 heteroatoms. The second kappa shape index (κ2) is 27.2. The van der Waals surface area contributed by atoms with E-state index in [4.69, 9.17) is 18.9 Å².